The summed E-state index contributed by atoms with van der Waals surface area (Å²) in [6, 6.07) is 14.9. The SMILES string of the molecule is CCn1cc(-c2cc(C(=O)Nc3ccc4c(c3)OCCO4)c3ccccc3n2)c(C)n1. The fourth-order valence-electron chi connectivity index (χ4n) is 3.75. The lowest BCUT2D eigenvalue weighted by molar-refractivity contribution is 0.102. The molecular weight excluding hydrogens is 392 g/mol. The topological polar surface area (TPSA) is 78.3 Å². The molecule has 4 aromatic rings. The molecule has 2 aromatic heterocycles. The van der Waals surface area contributed by atoms with Crippen molar-refractivity contribution in [3.63, 3.8) is 0 Å². The summed E-state index contributed by atoms with van der Waals surface area (Å²) < 4.78 is 13.1. The van der Waals surface area contributed by atoms with Crippen molar-refractivity contribution in [2.75, 3.05) is 18.5 Å². The van der Waals surface area contributed by atoms with Crippen molar-refractivity contribution in [3.8, 4) is 22.8 Å². The zero-order valence-corrected chi connectivity index (χ0v) is 17.4. The fourth-order valence-corrected chi connectivity index (χ4v) is 3.75. The normalized spacial score (nSPS) is 12.7. The molecular formula is C24H22N4O3. The van der Waals surface area contributed by atoms with Gasteiger partial charge in [-0.05, 0) is 38.1 Å². The molecule has 0 spiro atoms. The summed E-state index contributed by atoms with van der Waals surface area (Å²) in [5, 5.41) is 8.30. The first-order valence-corrected chi connectivity index (χ1v) is 10.3. The Balaban J connectivity index is 1.55. The highest BCUT2D eigenvalue weighted by Gasteiger charge is 2.18. The number of carbonyl (C=O) groups is 1. The van der Waals surface area contributed by atoms with Crippen molar-refractivity contribution in [3.05, 3.63) is 66.0 Å². The lowest BCUT2D eigenvalue weighted by atomic mass is 10.0. The van der Waals surface area contributed by atoms with E-state index in [1.165, 1.54) is 0 Å². The van der Waals surface area contributed by atoms with Crippen molar-refractivity contribution in [1.82, 2.24) is 14.8 Å². The second-order valence-corrected chi connectivity index (χ2v) is 7.37. The Labute approximate surface area is 179 Å². The molecule has 0 aliphatic carbocycles. The number of rotatable bonds is 4. The van der Waals surface area contributed by atoms with Crippen LogP contribution in [-0.4, -0.2) is 33.9 Å². The van der Waals surface area contributed by atoms with Crippen LogP contribution >= 0.6 is 0 Å². The van der Waals surface area contributed by atoms with Crippen molar-refractivity contribution in [1.29, 1.82) is 0 Å². The van der Waals surface area contributed by atoms with Gasteiger partial charge in [-0.1, -0.05) is 18.2 Å². The zero-order chi connectivity index (χ0) is 21.4. The monoisotopic (exact) mass is 414 g/mol. The summed E-state index contributed by atoms with van der Waals surface area (Å²) >= 11 is 0. The lowest BCUT2D eigenvalue weighted by Crippen LogP contribution is -2.16. The molecule has 1 aliphatic heterocycles. The van der Waals surface area contributed by atoms with Gasteiger partial charge in [-0.2, -0.15) is 5.10 Å². The van der Waals surface area contributed by atoms with E-state index in [9.17, 15) is 4.79 Å². The van der Waals surface area contributed by atoms with Gasteiger partial charge in [0.2, 0.25) is 0 Å². The number of anilines is 1. The molecule has 0 radical (unpaired) electrons. The maximum Gasteiger partial charge on any atom is 0.256 e. The molecule has 3 heterocycles. The van der Waals surface area contributed by atoms with Crippen LogP contribution in [0.1, 0.15) is 23.0 Å². The minimum Gasteiger partial charge on any atom is -0.486 e. The first-order chi connectivity index (χ1) is 15.1. The minimum atomic E-state index is -0.211. The average molecular weight is 414 g/mol. The molecule has 7 heteroatoms. The van der Waals surface area contributed by atoms with E-state index < -0.39 is 0 Å². The van der Waals surface area contributed by atoms with E-state index >= 15 is 0 Å². The molecule has 31 heavy (non-hydrogen) atoms. The van der Waals surface area contributed by atoms with Crippen molar-refractivity contribution < 1.29 is 14.3 Å². The van der Waals surface area contributed by atoms with E-state index in [0.717, 1.165) is 34.4 Å². The Morgan fingerprint density at radius 1 is 1.10 bits per heavy atom. The third-order valence-electron chi connectivity index (χ3n) is 5.31. The quantitative estimate of drug-likeness (QED) is 0.534. The van der Waals surface area contributed by atoms with E-state index in [2.05, 4.69) is 10.4 Å². The van der Waals surface area contributed by atoms with Crippen LogP contribution < -0.4 is 14.8 Å². The maximum atomic E-state index is 13.3. The smallest absolute Gasteiger partial charge is 0.256 e. The highest BCUT2D eigenvalue weighted by molar-refractivity contribution is 6.13. The van der Waals surface area contributed by atoms with Crippen molar-refractivity contribution in [2.45, 2.75) is 20.4 Å². The number of hydrogen-bond acceptors (Lipinski definition) is 5. The van der Waals surface area contributed by atoms with Gasteiger partial charge >= 0.3 is 0 Å². The summed E-state index contributed by atoms with van der Waals surface area (Å²) in [7, 11) is 0. The second-order valence-electron chi connectivity index (χ2n) is 7.37. The highest BCUT2D eigenvalue weighted by Crippen LogP contribution is 2.33. The van der Waals surface area contributed by atoms with Gasteiger partial charge in [0.05, 0.1) is 22.5 Å². The fraction of sp³-hybridized carbons (Fsp3) is 0.208. The summed E-state index contributed by atoms with van der Waals surface area (Å²) in [5.74, 6) is 1.10. The van der Waals surface area contributed by atoms with Gasteiger partial charge in [-0.15, -0.1) is 0 Å². The number of nitrogens with zero attached hydrogens (tertiary/aromatic N) is 3. The first kappa shape index (κ1) is 19.1. The molecule has 1 amide bonds. The van der Waals surface area contributed by atoms with Crippen molar-refractivity contribution in [2.24, 2.45) is 0 Å². The molecule has 0 saturated carbocycles. The highest BCUT2D eigenvalue weighted by atomic mass is 16.6. The Hall–Kier alpha value is -3.87. The lowest BCUT2D eigenvalue weighted by Gasteiger charge is -2.19. The van der Waals surface area contributed by atoms with Crippen LogP contribution in [-0.2, 0) is 6.54 Å². The standard InChI is InChI=1S/C24H22N4O3/c1-3-28-14-19(15(2)27-28)21-13-18(17-6-4-5-7-20(17)26-21)24(29)25-16-8-9-22-23(12-16)31-11-10-30-22/h4-9,12-14H,3,10-11H2,1-2H3,(H,25,29). The predicted molar refractivity (Wildman–Crippen MR) is 119 cm³/mol. The number of carbonyl (C=O) groups excluding carboxylic acids is 1. The Kier molecular flexibility index (Phi) is 4.78. The number of para-hydroxylation sites is 1. The Morgan fingerprint density at radius 3 is 2.71 bits per heavy atom. The molecule has 0 atom stereocenters. The van der Waals surface area contributed by atoms with Crippen molar-refractivity contribution >= 4 is 22.5 Å². The van der Waals surface area contributed by atoms with Gasteiger partial charge in [0.15, 0.2) is 11.5 Å². The largest absolute Gasteiger partial charge is 0.486 e. The van der Waals surface area contributed by atoms with Crippen LogP contribution in [0.2, 0.25) is 0 Å². The number of benzene rings is 2. The summed E-state index contributed by atoms with van der Waals surface area (Å²) in [6.45, 7) is 5.78. The summed E-state index contributed by atoms with van der Waals surface area (Å²) in [5.41, 5.74) is 4.48. The van der Waals surface area contributed by atoms with Gasteiger partial charge in [-0.3, -0.25) is 9.48 Å². The number of ether oxygens (including phenoxy) is 2. The average Bonchev–Trinajstić information content (AvgIpc) is 3.19. The molecule has 5 rings (SSSR count). The van der Waals surface area contributed by atoms with E-state index in [1.807, 2.05) is 67.2 Å². The Bertz CT molecular complexity index is 1300. The van der Waals surface area contributed by atoms with Crippen LogP contribution in [0.4, 0.5) is 5.69 Å². The molecule has 156 valence electrons. The Morgan fingerprint density at radius 2 is 1.90 bits per heavy atom. The van der Waals surface area contributed by atoms with Gasteiger partial charge in [0.1, 0.15) is 13.2 Å². The van der Waals surface area contributed by atoms with Gasteiger partial charge < -0.3 is 14.8 Å². The number of amides is 1. The molecule has 7 nitrogen and oxygen atoms in total. The van der Waals surface area contributed by atoms with Crippen LogP contribution in [0.25, 0.3) is 22.2 Å². The van der Waals surface area contributed by atoms with Crippen LogP contribution in [0, 0.1) is 6.92 Å². The van der Waals surface area contributed by atoms with Gasteiger partial charge in [-0.25, -0.2) is 4.98 Å². The van der Waals surface area contributed by atoms with E-state index in [1.54, 1.807) is 6.07 Å². The molecule has 0 fully saturated rings. The third kappa shape index (κ3) is 3.59. The number of nitrogens with one attached hydrogen (secondary N) is 1. The minimum absolute atomic E-state index is 0.211. The number of hydrogen-bond donors (Lipinski definition) is 1. The summed E-state index contributed by atoms with van der Waals surface area (Å²) in [6.07, 6.45) is 1.97. The van der Waals surface area contributed by atoms with E-state index in [0.29, 0.717) is 36.0 Å². The molecule has 0 unspecified atom stereocenters. The van der Waals surface area contributed by atoms with Crippen LogP contribution in [0.3, 0.4) is 0 Å². The zero-order valence-electron chi connectivity index (χ0n) is 17.4. The molecule has 1 N–H and O–H groups in total. The molecule has 2 aromatic carbocycles. The predicted octanol–water partition coefficient (Wildman–Crippen LogP) is 4.45. The maximum absolute atomic E-state index is 13.3. The number of pyridine rings is 1. The van der Waals surface area contributed by atoms with Crippen LogP contribution in [0.15, 0.2) is 54.7 Å². The second kappa shape index (κ2) is 7.75. The van der Waals surface area contributed by atoms with E-state index in [4.69, 9.17) is 14.5 Å². The third-order valence-corrected chi connectivity index (χ3v) is 5.31. The number of aromatic nitrogens is 3. The number of fused-ring (bicyclic) bond motifs is 2. The summed E-state index contributed by atoms with van der Waals surface area (Å²) in [4.78, 5) is 18.1. The molecule has 1 aliphatic rings. The number of aryl methyl sites for hydroxylation is 2. The molecule has 0 bridgehead atoms. The van der Waals surface area contributed by atoms with Crippen LogP contribution in [0.5, 0.6) is 11.5 Å². The molecule has 0 saturated heterocycles. The van der Waals surface area contributed by atoms with Gasteiger partial charge in [0.25, 0.3) is 5.91 Å². The van der Waals surface area contributed by atoms with E-state index in [-0.39, 0.29) is 5.91 Å². The first-order valence-electron chi connectivity index (χ1n) is 10.3. The van der Waals surface area contributed by atoms with Gasteiger partial charge in [0, 0.05) is 35.4 Å².